The van der Waals surface area contributed by atoms with Gasteiger partial charge in [0.2, 0.25) is 6.41 Å². The zero-order chi connectivity index (χ0) is 27.9. The second kappa shape index (κ2) is 12.9. The van der Waals surface area contributed by atoms with Crippen LogP contribution in [0, 0.1) is 23.1 Å². The quantitative estimate of drug-likeness (QED) is 0.240. The lowest BCUT2D eigenvalue weighted by Gasteiger charge is -2.36. The van der Waals surface area contributed by atoms with Gasteiger partial charge >= 0.3 is 0 Å². The summed E-state index contributed by atoms with van der Waals surface area (Å²) in [6.07, 6.45) is 11.0. The number of pyridine rings is 1. The van der Waals surface area contributed by atoms with Crippen LogP contribution in [0.3, 0.4) is 0 Å². The predicted octanol–water partition coefficient (Wildman–Crippen LogP) is 4.40. The van der Waals surface area contributed by atoms with Crippen molar-refractivity contribution in [1.29, 1.82) is 5.41 Å². The summed E-state index contributed by atoms with van der Waals surface area (Å²) in [5.41, 5.74) is 6.69. The lowest BCUT2D eigenvalue weighted by Crippen LogP contribution is -2.42. The number of amides is 1. The van der Waals surface area contributed by atoms with Gasteiger partial charge in [-0.1, -0.05) is 18.2 Å². The van der Waals surface area contributed by atoms with Gasteiger partial charge in [0.1, 0.15) is 23.3 Å². The number of hydrogen-bond donors (Lipinski definition) is 3. The van der Waals surface area contributed by atoms with Crippen LogP contribution in [0.1, 0.15) is 43.1 Å². The molecule has 0 spiro atoms. The van der Waals surface area contributed by atoms with E-state index in [1.165, 1.54) is 37.8 Å². The molecule has 2 aromatic heterocycles. The number of aromatic nitrogens is 3. The number of halogens is 1. The van der Waals surface area contributed by atoms with Gasteiger partial charge in [-0.3, -0.25) is 10.2 Å². The second-order valence-electron chi connectivity index (χ2n) is 10.4. The summed E-state index contributed by atoms with van der Waals surface area (Å²) in [6.45, 7) is 3.68. The van der Waals surface area contributed by atoms with E-state index in [4.69, 9.17) is 19.9 Å². The summed E-state index contributed by atoms with van der Waals surface area (Å²) in [4.78, 5) is 25.7. The van der Waals surface area contributed by atoms with E-state index in [1.807, 2.05) is 17.0 Å². The fourth-order valence-corrected chi connectivity index (χ4v) is 5.60. The van der Waals surface area contributed by atoms with Gasteiger partial charge < -0.3 is 25.3 Å². The summed E-state index contributed by atoms with van der Waals surface area (Å²) in [5, 5.41) is 8.65. The molecule has 3 fully saturated rings. The van der Waals surface area contributed by atoms with Crippen LogP contribution in [0.4, 0.5) is 10.2 Å². The Morgan fingerprint density at radius 3 is 2.60 bits per heavy atom. The number of nitrogens with zero attached hydrogens (tertiary/aromatic N) is 4. The average Bonchev–Trinajstić information content (AvgIpc) is 3.73. The third-order valence-electron chi connectivity index (χ3n) is 7.83. The van der Waals surface area contributed by atoms with Gasteiger partial charge in [-0.15, -0.1) is 0 Å². The van der Waals surface area contributed by atoms with Gasteiger partial charge in [0.25, 0.3) is 0 Å². The molecule has 1 aliphatic carbocycles. The molecule has 0 radical (unpaired) electrons. The molecule has 9 nitrogen and oxygen atoms in total. The van der Waals surface area contributed by atoms with Crippen molar-refractivity contribution in [2.75, 3.05) is 37.7 Å². The molecule has 1 aromatic carbocycles. The SMILES string of the molecule is N=C(/C=C\c1ncc(-c2cccc(N3CCC(C4CC4)CC3)n2)[nH]1)N1CCOCC1c1cccc(F)c1.NC=O. The van der Waals surface area contributed by atoms with E-state index in [2.05, 4.69) is 32.7 Å². The Hall–Kier alpha value is -4.05. The molecule has 4 N–H and O–H groups in total. The number of benzene rings is 1. The molecule has 40 heavy (non-hydrogen) atoms. The van der Waals surface area contributed by atoms with Crippen molar-refractivity contribution in [2.24, 2.45) is 17.6 Å². The van der Waals surface area contributed by atoms with E-state index in [9.17, 15) is 4.39 Å². The zero-order valence-corrected chi connectivity index (χ0v) is 22.5. The van der Waals surface area contributed by atoms with Crippen LogP contribution in [0.2, 0.25) is 0 Å². The normalized spacial score (nSPS) is 19.8. The van der Waals surface area contributed by atoms with Crippen LogP contribution in [-0.2, 0) is 9.53 Å². The minimum atomic E-state index is -0.284. The lowest BCUT2D eigenvalue weighted by atomic mass is 9.92. The van der Waals surface area contributed by atoms with Crippen LogP contribution < -0.4 is 10.6 Å². The third kappa shape index (κ3) is 6.74. The number of nitrogens with two attached hydrogens (primary N) is 1. The number of primary amides is 1. The monoisotopic (exact) mass is 545 g/mol. The van der Waals surface area contributed by atoms with Crippen molar-refractivity contribution < 1.29 is 13.9 Å². The van der Waals surface area contributed by atoms with Gasteiger partial charge in [-0.25, -0.2) is 14.4 Å². The van der Waals surface area contributed by atoms with Crippen LogP contribution in [-0.4, -0.2) is 64.9 Å². The highest BCUT2D eigenvalue weighted by Gasteiger charge is 2.33. The summed E-state index contributed by atoms with van der Waals surface area (Å²) in [5.74, 6) is 3.62. The van der Waals surface area contributed by atoms with Crippen LogP contribution in [0.15, 0.2) is 54.7 Å². The fourth-order valence-electron chi connectivity index (χ4n) is 5.60. The molecule has 1 unspecified atom stereocenters. The van der Waals surface area contributed by atoms with Gasteiger partial charge in [-0.2, -0.15) is 0 Å². The molecule has 1 amide bonds. The molecule has 1 saturated carbocycles. The van der Waals surface area contributed by atoms with E-state index in [-0.39, 0.29) is 18.3 Å². The molecular weight excluding hydrogens is 509 g/mol. The summed E-state index contributed by atoms with van der Waals surface area (Å²) in [7, 11) is 0. The van der Waals surface area contributed by atoms with Gasteiger partial charge in [-0.05, 0) is 79.5 Å². The molecule has 2 saturated heterocycles. The Morgan fingerprint density at radius 2 is 1.85 bits per heavy atom. The van der Waals surface area contributed by atoms with E-state index in [0.717, 1.165) is 47.7 Å². The fraction of sp³-hybridized carbons (Fsp3) is 0.400. The minimum absolute atomic E-state index is 0.199. The maximum Gasteiger partial charge on any atom is 0.204 e. The highest BCUT2D eigenvalue weighted by molar-refractivity contribution is 5.94. The maximum absolute atomic E-state index is 13.8. The Balaban J connectivity index is 0.00000103. The van der Waals surface area contributed by atoms with Crippen molar-refractivity contribution in [3.05, 3.63) is 71.9 Å². The minimum Gasteiger partial charge on any atom is -0.377 e. The Labute approximate surface area is 233 Å². The number of aromatic amines is 1. The number of amidine groups is 1. The number of morpholine rings is 1. The van der Waals surface area contributed by atoms with Crippen molar-refractivity contribution in [1.82, 2.24) is 19.9 Å². The number of hydrogen-bond acceptors (Lipinski definition) is 6. The number of carbonyl (C=O) groups excluding carboxylic acids is 1. The number of carbonyl (C=O) groups is 1. The van der Waals surface area contributed by atoms with Gasteiger partial charge in [0.15, 0.2) is 0 Å². The Kier molecular flexibility index (Phi) is 8.85. The number of piperidine rings is 1. The predicted molar refractivity (Wildman–Crippen MR) is 153 cm³/mol. The first-order valence-electron chi connectivity index (χ1n) is 13.8. The van der Waals surface area contributed by atoms with Crippen molar-refractivity contribution >= 4 is 24.1 Å². The summed E-state index contributed by atoms with van der Waals surface area (Å²) < 4.78 is 19.4. The Bertz CT molecular complexity index is 1330. The molecule has 3 aromatic rings. The number of rotatable bonds is 6. The second-order valence-corrected chi connectivity index (χ2v) is 10.4. The van der Waals surface area contributed by atoms with Crippen molar-refractivity contribution in [3.8, 4) is 11.4 Å². The van der Waals surface area contributed by atoms with Crippen molar-refractivity contribution in [3.63, 3.8) is 0 Å². The van der Waals surface area contributed by atoms with Gasteiger partial charge in [0, 0.05) is 19.6 Å². The van der Waals surface area contributed by atoms with Gasteiger partial charge in [0.05, 0.1) is 36.8 Å². The topological polar surface area (TPSA) is 124 Å². The number of nitrogens with one attached hydrogen (secondary N) is 2. The number of imidazole rings is 1. The van der Waals surface area contributed by atoms with Crippen LogP contribution in [0.5, 0.6) is 0 Å². The summed E-state index contributed by atoms with van der Waals surface area (Å²) >= 11 is 0. The highest BCUT2D eigenvalue weighted by Crippen LogP contribution is 2.42. The maximum atomic E-state index is 13.8. The molecule has 2 aliphatic heterocycles. The van der Waals surface area contributed by atoms with E-state index in [0.29, 0.717) is 31.4 Å². The first kappa shape index (κ1) is 27.5. The van der Waals surface area contributed by atoms with E-state index < -0.39 is 0 Å². The molecule has 1 atom stereocenters. The molecule has 10 heteroatoms. The Morgan fingerprint density at radius 1 is 1.10 bits per heavy atom. The molecule has 4 heterocycles. The first-order chi connectivity index (χ1) is 19.6. The first-order valence-corrected chi connectivity index (χ1v) is 13.8. The number of ether oxygens (including phenoxy) is 1. The molecule has 0 bridgehead atoms. The zero-order valence-electron chi connectivity index (χ0n) is 22.5. The molecule has 6 rings (SSSR count). The third-order valence-corrected chi connectivity index (χ3v) is 7.83. The van der Waals surface area contributed by atoms with E-state index >= 15 is 0 Å². The summed E-state index contributed by atoms with van der Waals surface area (Å²) in [6, 6.07) is 12.5. The van der Waals surface area contributed by atoms with Crippen molar-refractivity contribution in [2.45, 2.75) is 31.7 Å². The lowest BCUT2D eigenvalue weighted by molar-refractivity contribution is -0.106. The largest absolute Gasteiger partial charge is 0.377 e. The van der Waals surface area contributed by atoms with Crippen LogP contribution in [0.25, 0.3) is 17.5 Å². The molecule has 3 aliphatic rings. The molecular formula is C30H36FN7O2. The van der Waals surface area contributed by atoms with E-state index in [1.54, 1.807) is 24.4 Å². The smallest absolute Gasteiger partial charge is 0.204 e. The number of anilines is 1. The number of H-pyrrole nitrogens is 1. The van der Waals surface area contributed by atoms with Crippen LogP contribution >= 0.6 is 0 Å². The standard InChI is InChI=1S/C29H33FN6O.CH3NO/c30-23-4-1-3-22(17-23)26-19-37-16-15-36(26)27(31)9-10-28-32-18-25(33-28)24-5-2-6-29(34-24)35-13-11-21(12-14-35)20-7-8-20;2-1-3/h1-6,9-10,17-18,20-21,26,31H,7-8,11-16,19H2,(H,32,33);1H,(H2,2,3)/b10-9-,31-27?;. The average molecular weight is 546 g/mol. The highest BCUT2D eigenvalue weighted by atomic mass is 19.1. The molecule has 210 valence electrons.